The van der Waals surface area contributed by atoms with Crippen molar-refractivity contribution in [1.29, 1.82) is 0 Å². The van der Waals surface area contributed by atoms with Gasteiger partial charge in [0, 0.05) is 5.92 Å². The minimum absolute atomic E-state index is 0.230. The Labute approximate surface area is 72.1 Å². The molecule has 0 unspecified atom stereocenters. The van der Waals surface area contributed by atoms with Crippen LogP contribution in [0.25, 0.3) is 0 Å². The summed E-state index contributed by atoms with van der Waals surface area (Å²) in [6.45, 7) is 0. The number of carbonyl (C=O) groups is 1. The van der Waals surface area contributed by atoms with Crippen LogP contribution in [0, 0.1) is 17.8 Å². The van der Waals surface area contributed by atoms with Gasteiger partial charge in [-0.25, -0.2) is 0 Å². The van der Waals surface area contributed by atoms with Crippen LogP contribution in [-0.2, 0) is 4.79 Å². The minimum atomic E-state index is 0.230. The van der Waals surface area contributed by atoms with E-state index in [1.54, 1.807) is 0 Å². The molecular formula is C9H13ClO. The molecule has 0 N–H and O–H groups in total. The Bertz CT molecular complexity index is 178. The van der Waals surface area contributed by atoms with Gasteiger partial charge in [-0.3, -0.25) is 4.79 Å². The van der Waals surface area contributed by atoms with Crippen LogP contribution < -0.4 is 0 Å². The molecule has 2 aliphatic carbocycles. The van der Waals surface area contributed by atoms with Crippen molar-refractivity contribution in [3.8, 4) is 0 Å². The van der Waals surface area contributed by atoms with Crippen LogP contribution in [0.3, 0.4) is 0 Å². The second-order valence-electron chi connectivity index (χ2n) is 3.88. The number of hydrogen-bond acceptors (Lipinski definition) is 1. The number of rotatable bonds is 2. The smallest absolute Gasteiger partial charge is 0.150 e. The van der Waals surface area contributed by atoms with Crippen molar-refractivity contribution in [3.05, 3.63) is 0 Å². The predicted molar refractivity (Wildman–Crippen MR) is 44.7 cm³/mol. The fraction of sp³-hybridized carbons (Fsp3) is 0.889. The lowest BCUT2D eigenvalue weighted by atomic mass is 9.86. The van der Waals surface area contributed by atoms with Crippen LogP contribution >= 0.6 is 11.6 Å². The molecule has 62 valence electrons. The molecule has 0 aliphatic heterocycles. The third-order valence-electron chi connectivity index (χ3n) is 3.28. The molecule has 2 bridgehead atoms. The predicted octanol–water partition coefficient (Wildman–Crippen LogP) is 2.23. The third-order valence-corrected chi connectivity index (χ3v) is 3.55. The number of Topliss-reactive ketones (excluding diaryl/α,β-unsaturated/α-hetero) is 1. The number of fused-ring (bicyclic) bond motifs is 2. The molecule has 0 aromatic carbocycles. The number of halogens is 1. The SMILES string of the molecule is O=C(CCl)[C@H]1C[C@H]2CC[C@H]1C2. The molecule has 0 aromatic heterocycles. The Morgan fingerprint density at radius 3 is 2.64 bits per heavy atom. The highest BCUT2D eigenvalue weighted by Gasteiger charge is 2.42. The van der Waals surface area contributed by atoms with Gasteiger partial charge >= 0.3 is 0 Å². The van der Waals surface area contributed by atoms with E-state index in [2.05, 4.69) is 0 Å². The fourth-order valence-electron chi connectivity index (χ4n) is 2.74. The normalized spacial score (nSPS) is 41.4. The topological polar surface area (TPSA) is 17.1 Å². The first-order chi connectivity index (χ1) is 5.31. The second kappa shape index (κ2) is 2.78. The lowest BCUT2D eigenvalue weighted by Crippen LogP contribution is -2.21. The first-order valence-corrected chi connectivity index (χ1v) is 4.93. The van der Waals surface area contributed by atoms with E-state index in [1.165, 1.54) is 19.3 Å². The summed E-state index contributed by atoms with van der Waals surface area (Å²) in [5.41, 5.74) is 0. The molecule has 0 saturated heterocycles. The van der Waals surface area contributed by atoms with Crippen LogP contribution in [0.5, 0.6) is 0 Å². The maximum atomic E-state index is 11.3. The molecule has 1 nitrogen and oxygen atoms in total. The summed E-state index contributed by atoms with van der Waals surface area (Å²) in [6.07, 6.45) is 5.07. The van der Waals surface area contributed by atoms with Crippen LogP contribution in [0.1, 0.15) is 25.7 Å². The van der Waals surface area contributed by atoms with E-state index in [1.807, 2.05) is 0 Å². The summed E-state index contributed by atoms with van der Waals surface area (Å²) in [7, 11) is 0. The monoisotopic (exact) mass is 172 g/mol. The van der Waals surface area contributed by atoms with Crippen molar-refractivity contribution >= 4 is 17.4 Å². The van der Waals surface area contributed by atoms with Gasteiger partial charge in [-0.15, -0.1) is 11.6 Å². The van der Waals surface area contributed by atoms with E-state index in [-0.39, 0.29) is 5.88 Å². The molecule has 2 aliphatic rings. The van der Waals surface area contributed by atoms with Gasteiger partial charge in [0.15, 0.2) is 5.78 Å². The van der Waals surface area contributed by atoms with Crippen LogP contribution in [0.4, 0.5) is 0 Å². The van der Waals surface area contributed by atoms with Gasteiger partial charge in [-0.05, 0) is 31.1 Å². The van der Waals surface area contributed by atoms with E-state index < -0.39 is 0 Å². The van der Waals surface area contributed by atoms with Gasteiger partial charge in [0.05, 0.1) is 5.88 Å². The van der Waals surface area contributed by atoms with Crippen molar-refractivity contribution in [1.82, 2.24) is 0 Å². The minimum Gasteiger partial charge on any atom is -0.298 e. The van der Waals surface area contributed by atoms with Gasteiger partial charge in [0.25, 0.3) is 0 Å². The molecule has 2 fully saturated rings. The summed E-state index contributed by atoms with van der Waals surface area (Å²) < 4.78 is 0. The average Bonchev–Trinajstić information content (AvgIpc) is 2.62. The molecule has 0 amide bonds. The van der Waals surface area contributed by atoms with E-state index in [4.69, 9.17) is 11.6 Å². The van der Waals surface area contributed by atoms with Crippen molar-refractivity contribution in [3.63, 3.8) is 0 Å². The quantitative estimate of drug-likeness (QED) is 0.584. The van der Waals surface area contributed by atoms with Crippen molar-refractivity contribution in [2.45, 2.75) is 25.7 Å². The van der Waals surface area contributed by atoms with Gasteiger partial charge in [-0.2, -0.15) is 0 Å². The lowest BCUT2D eigenvalue weighted by Gasteiger charge is -2.18. The van der Waals surface area contributed by atoms with E-state index >= 15 is 0 Å². The molecule has 0 heterocycles. The second-order valence-corrected chi connectivity index (χ2v) is 4.15. The molecule has 2 heteroatoms. The number of ketones is 1. The highest BCUT2D eigenvalue weighted by molar-refractivity contribution is 6.27. The summed E-state index contributed by atoms with van der Waals surface area (Å²) in [6, 6.07) is 0. The summed E-state index contributed by atoms with van der Waals surface area (Å²) in [5.74, 6) is 2.42. The molecular weight excluding hydrogens is 160 g/mol. The van der Waals surface area contributed by atoms with Crippen LogP contribution in [0.2, 0.25) is 0 Å². The Hall–Kier alpha value is -0.0400. The molecule has 0 aromatic rings. The number of carbonyl (C=O) groups excluding carboxylic acids is 1. The van der Waals surface area contributed by atoms with Gasteiger partial charge in [0.2, 0.25) is 0 Å². The Morgan fingerprint density at radius 1 is 1.36 bits per heavy atom. The van der Waals surface area contributed by atoms with Crippen LogP contribution in [0.15, 0.2) is 0 Å². The van der Waals surface area contributed by atoms with Crippen molar-refractivity contribution in [2.75, 3.05) is 5.88 Å². The first kappa shape index (κ1) is 7.60. The van der Waals surface area contributed by atoms with Crippen molar-refractivity contribution < 1.29 is 4.79 Å². The Kier molecular flexibility index (Phi) is 1.92. The van der Waals surface area contributed by atoms with E-state index in [0.717, 1.165) is 12.3 Å². The maximum absolute atomic E-state index is 11.3. The first-order valence-electron chi connectivity index (χ1n) is 4.40. The van der Waals surface area contributed by atoms with E-state index in [9.17, 15) is 4.79 Å². The number of alkyl halides is 1. The largest absolute Gasteiger partial charge is 0.298 e. The number of hydrogen-bond donors (Lipinski definition) is 0. The molecule has 2 saturated carbocycles. The standard InChI is InChI=1S/C9H13ClO/c10-5-9(11)8-4-6-1-2-7(8)3-6/h6-8H,1-5H2/t6-,7-,8-/m0/s1. The molecule has 11 heavy (non-hydrogen) atoms. The molecule has 0 radical (unpaired) electrons. The zero-order valence-electron chi connectivity index (χ0n) is 6.55. The molecule has 3 atom stereocenters. The fourth-order valence-corrected chi connectivity index (χ4v) is 2.94. The zero-order chi connectivity index (χ0) is 7.84. The van der Waals surface area contributed by atoms with E-state index in [0.29, 0.717) is 17.6 Å². The van der Waals surface area contributed by atoms with Gasteiger partial charge in [0.1, 0.15) is 0 Å². The zero-order valence-corrected chi connectivity index (χ0v) is 7.31. The summed E-state index contributed by atoms with van der Waals surface area (Å²) in [5, 5.41) is 0. The third kappa shape index (κ3) is 1.20. The van der Waals surface area contributed by atoms with Crippen LogP contribution in [-0.4, -0.2) is 11.7 Å². The maximum Gasteiger partial charge on any atom is 0.150 e. The highest BCUT2D eigenvalue weighted by Crippen LogP contribution is 2.48. The Morgan fingerprint density at radius 2 is 2.18 bits per heavy atom. The molecule has 0 spiro atoms. The Balaban J connectivity index is 2.02. The lowest BCUT2D eigenvalue weighted by molar-refractivity contribution is -0.121. The highest BCUT2D eigenvalue weighted by atomic mass is 35.5. The molecule has 2 rings (SSSR count). The summed E-state index contributed by atoms with van der Waals surface area (Å²) in [4.78, 5) is 11.3. The summed E-state index contributed by atoms with van der Waals surface area (Å²) >= 11 is 5.52. The van der Waals surface area contributed by atoms with Gasteiger partial charge in [-0.1, -0.05) is 6.42 Å². The van der Waals surface area contributed by atoms with Crippen molar-refractivity contribution in [2.24, 2.45) is 17.8 Å². The average molecular weight is 173 g/mol. The van der Waals surface area contributed by atoms with Gasteiger partial charge < -0.3 is 0 Å².